The van der Waals surface area contributed by atoms with Crippen LogP contribution >= 0.6 is 0 Å². The van der Waals surface area contributed by atoms with Crippen LogP contribution in [0.3, 0.4) is 0 Å². The quantitative estimate of drug-likeness (QED) is 0.800. The third kappa shape index (κ3) is 5.40. The van der Waals surface area contributed by atoms with Gasteiger partial charge >= 0.3 is 0 Å². The zero-order valence-corrected chi connectivity index (χ0v) is 12.0. The minimum Gasteiger partial charge on any atom is -0.381 e. The van der Waals surface area contributed by atoms with Crippen molar-refractivity contribution < 1.29 is 8.42 Å². The van der Waals surface area contributed by atoms with Gasteiger partial charge in [-0.25, -0.2) is 8.42 Å². The van der Waals surface area contributed by atoms with Crippen molar-refractivity contribution in [1.29, 1.82) is 0 Å². The molecule has 0 radical (unpaired) electrons. The molecule has 0 saturated carbocycles. The molecule has 1 atom stereocenters. The van der Waals surface area contributed by atoms with Gasteiger partial charge in [0.1, 0.15) is 0 Å². The van der Waals surface area contributed by atoms with Gasteiger partial charge in [0.2, 0.25) is 10.0 Å². The Hall–Kier alpha value is -1.23. The number of benzene rings is 1. The summed E-state index contributed by atoms with van der Waals surface area (Å²) in [4.78, 5) is 0. The van der Waals surface area contributed by atoms with Crippen LogP contribution in [0.4, 0.5) is 11.4 Å². The Kier molecular flexibility index (Phi) is 5.47. The first-order chi connectivity index (χ1) is 8.42. The molecule has 0 heterocycles. The molecule has 0 aromatic heterocycles. The van der Waals surface area contributed by atoms with Crippen LogP contribution in [-0.2, 0) is 10.0 Å². The number of hydrogen-bond donors (Lipinski definition) is 2. The second-order valence-corrected chi connectivity index (χ2v) is 6.36. The van der Waals surface area contributed by atoms with Crippen molar-refractivity contribution in [2.45, 2.75) is 39.2 Å². The average molecular weight is 270 g/mol. The van der Waals surface area contributed by atoms with Crippen LogP contribution in [0.2, 0.25) is 0 Å². The molecule has 4 nitrogen and oxygen atoms in total. The first kappa shape index (κ1) is 14.8. The minimum atomic E-state index is -3.24. The van der Waals surface area contributed by atoms with Crippen molar-refractivity contribution in [3.05, 3.63) is 24.3 Å². The number of anilines is 2. The highest BCUT2D eigenvalue weighted by Gasteiger charge is 2.08. The summed E-state index contributed by atoms with van der Waals surface area (Å²) < 4.78 is 25.1. The fourth-order valence-electron chi connectivity index (χ4n) is 1.75. The van der Waals surface area contributed by atoms with E-state index in [9.17, 15) is 8.42 Å². The molecule has 0 bridgehead atoms. The first-order valence-electron chi connectivity index (χ1n) is 6.25. The van der Waals surface area contributed by atoms with Crippen LogP contribution in [0, 0.1) is 0 Å². The smallest absolute Gasteiger partial charge is 0.229 e. The zero-order valence-electron chi connectivity index (χ0n) is 11.2. The lowest BCUT2D eigenvalue weighted by molar-refractivity contribution is 0.606. The largest absolute Gasteiger partial charge is 0.381 e. The van der Waals surface area contributed by atoms with E-state index in [4.69, 9.17) is 0 Å². The zero-order chi connectivity index (χ0) is 13.6. The summed E-state index contributed by atoms with van der Waals surface area (Å²) in [6.07, 6.45) is 4.55. The summed E-state index contributed by atoms with van der Waals surface area (Å²) in [6, 6.07) is 7.68. The third-order valence-electron chi connectivity index (χ3n) is 2.62. The number of para-hydroxylation sites is 2. The molecule has 1 unspecified atom stereocenters. The average Bonchev–Trinajstić information content (AvgIpc) is 2.27. The highest BCUT2D eigenvalue weighted by molar-refractivity contribution is 7.92. The van der Waals surface area contributed by atoms with Gasteiger partial charge in [-0.2, -0.15) is 0 Å². The summed E-state index contributed by atoms with van der Waals surface area (Å²) in [7, 11) is -3.24. The summed E-state index contributed by atoms with van der Waals surface area (Å²) in [5, 5.41) is 3.34. The molecule has 5 heteroatoms. The van der Waals surface area contributed by atoms with Crippen LogP contribution in [0.15, 0.2) is 24.3 Å². The highest BCUT2D eigenvalue weighted by Crippen LogP contribution is 2.23. The fourth-order valence-corrected chi connectivity index (χ4v) is 2.32. The summed E-state index contributed by atoms with van der Waals surface area (Å²) in [5.41, 5.74) is 1.43. The van der Waals surface area contributed by atoms with E-state index >= 15 is 0 Å². The van der Waals surface area contributed by atoms with Gasteiger partial charge in [0.25, 0.3) is 0 Å². The highest BCUT2D eigenvalue weighted by atomic mass is 32.2. The van der Waals surface area contributed by atoms with Crippen LogP contribution < -0.4 is 10.0 Å². The summed E-state index contributed by atoms with van der Waals surface area (Å²) >= 11 is 0. The van der Waals surface area contributed by atoms with Crippen LogP contribution in [-0.4, -0.2) is 20.7 Å². The lowest BCUT2D eigenvalue weighted by Crippen LogP contribution is -2.17. The van der Waals surface area contributed by atoms with Gasteiger partial charge in [0.05, 0.1) is 17.6 Å². The topological polar surface area (TPSA) is 58.2 Å². The Morgan fingerprint density at radius 3 is 2.39 bits per heavy atom. The lowest BCUT2D eigenvalue weighted by Gasteiger charge is -2.18. The van der Waals surface area contributed by atoms with E-state index in [1.807, 2.05) is 18.2 Å². The van der Waals surface area contributed by atoms with Crippen molar-refractivity contribution in [3.8, 4) is 0 Å². The van der Waals surface area contributed by atoms with Crippen LogP contribution in [0.25, 0.3) is 0 Å². The Morgan fingerprint density at radius 1 is 1.22 bits per heavy atom. The van der Waals surface area contributed by atoms with Crippen molar-refractivity contribution in [1.82, 2.24) is 0 Å². The molecule has 1 rings (SSSR count). The maximum absolute atomic E-state index is 11.3. The summed E-state index contributed by atoms with van der Waals surface area (Å²) in [6.45, 7) is 4.26. The second-order valence-electron chi connectivity index (χ2n) is 4.61. The molecular formula is C13H22N2O2S. The maximum atomic E-state index is 11.3. The van der Waals surface area contributed by atoms with Gasteiger partial charge in [0.15, 0.2) is 0 Å². The normalized spacial score (nSPS) is 13.1. The molecule has 0 fully saturated rings. The third-order valence-corrected chi connectivity index (χ3v) is 3.21. The van der Waals surface area contributed by atoms with E-state index in [2.05, 4.69) is 23.9 Å². The van der Waals surface area contributed by atoms with Gasteiger partial charge < -0.3 is 5.32 Å². The predicted molar refractivity (Wildman–Crippen MR) is 77.5 cm³/mol. The first-order valence-corrected chi connectivity index (χ1v) is 8.15. The maximum Gasteiger partial charge on any atom is 0.229 e. The molecule has 0 spiro atoms. The fraction of sp³-hybridized carbons (Fsp3) is 0.538. The number of hydrogen-bond acceptors (Lipinski definition) is 3. The standard InChI is InChI=1S/C13H22N2O2S/c1-4-5-8-11(2)14-12-9-6-7-10-13(12)15-18(3,16)17/h6-7,9-11,14-15H,4-5,8H2,1-3H3. The number of unbranched alkanes of at least 4 members (excludes halogenated alkanes) is 1. The Labute approximate surface area is 110 Å². The molecule has 0 aliphatic carbocycles. The number of rotatable bonds is 7. The molecule has 1 aromatic carbocycles. The van der Waals surface area contributed by atoms with E-state index in [1.54, 1.807) is 6.07 Å². The molecule has 1 aromatic rings. The molecule has 0 aliphatic heterocycles. The monoisotopic (exact) mass is 270 g/mol. The van der Waals surface area contributed by atoms with E-state index < -0.39 is 10.0 Å². The van der Waals surface area contributed by atoms with Crippen LogP contribution in [0.5, 0.6) is 0 Å². The van der Waals surface area contributed by atoms with Crippen molar-refractivity contribution >= 4 is 21.4 Å². The lowest BCUT2D eigenvalue weighted by atomic mass is 10.1. The molecule has 102 valence electrons. The van der Waals surface area contributed by atoms with Gasteiger partial charge in [-0.05, 0) is 25.5 Å². The molecule has 0 aliphatic rings. The molecule has 2 N–H and O–H groups in total. The van der Waals surface area contributed by atoms with Gasteiger partial charge in [-0.1, -0.05) is 31.9 Å². The van der Waals surface area contributed by atoms with Crippen molar-refractivity contribution in [2.75, 3.05) is 16.3 Å². The molecule has 18 heavy (non-hydrogen) atoms. The Morgan fingerprint density at radius 2 is 1.83 bits per heavy atom. The Bertz CT molecular complexity index is 472. The Balaban J connectivity index is 2.76. The van der Waals surface area contributed by atoms with E-state index in [0.29, 0.717) is 11.7 Å². The van der Waals surface area contributed by atoms with Gasteiger partial charge in [-0.15, -0.1) is 0 Å². The van der Waals surface area contributed by atoms with Crippen LogP contribution in [0.1, 0.15) is 33.1 Å². The van der Waals surface area contributed by atoms with Gasteiger partial charge in [0, 0.05) is 6.04 Å². The number of sulfonamides is 1. The molecular weight excluding hydrogens is 248 g/mol. The number of nitrogens with one attached hydrogen (secondary N) is 2. The SMILES string of the molecule is CCCCC(C)Nc1ccccc1NS(C)(=O)=O. The minimum absolute atomic E-state index is 0.326. The van der Waals surface area contributed by atoms with E-state index in [-0.39, 0.29) is 0 Å². The van der Waals surface area contributed by atoms with Crippen molar-refractivity contribution in [3.63, 3.8) is 0 Å². The second kappa shape index (κ2) is 6.64. The van der Waals surface area contributed by atoms with Crippen molar-refractivity contribution in [2.24, 2.45) is 0 Å². The summed E-state index contributed by atoms with van der Waals surface area (Å²) in [5.74, 6) is 0. The molecule has 0 amide bonds. The molecule has 0 saturated heterocycles. The van der Waals surface area contributed by atoms with E-state index in [0.717, 1.165) is 31.2 Å². The van der Waals surface area contributed by atoms with E-state index in [1.165, 1.54) is 0 Å². The van der Waals surface area contributed by atoms with Gasteiger partial charge in [-0.3, -0.25) is 4.72 Å². The predicted octanol–water partition coefficient (Wildman–Crippen LogP) is 3.05.